The zero-order chi connectivity index (χ0) is 26.8. The van der Waals surface area contributed by atoms with Crippen LogP contribution in [0.2, 0.25) is 0 Å². The van der Waals surface area contributed by atoms with Gasteiger partial charge in [0.2, 0.25) is 5.91 Å². The summed E-state index contributed by atoms with van der Waals surface area (Å²) in [6.07, 6.45) is 8.54. The minimum absolute atomic E-state index is 0.0195. The Labute approximate surface area is 221 Å². The molecule has 0 atom stereocenters. The predicted octanol–water partition coefficient (Wildman–Crippen LogP) is 5.82. The molecule has 0 bridgehead atoms. The van der Waals surface area contributed by atoms with Gasteiger partial charge in [0.25, 0.3) is 0 Å². The molecule has 0 spiro atoms. The maximum atomic E-state index is 13.7. The Morgan fingerprint density at radius 2 is 1.89 bits per heavy atom. The van der Waals surface area contributed by atoms with Gasteiger partial charge in [-0.25, -0.2) is 19.4 Å². The molecular formula is C29H33N5O4. The summed E-state index contributed by atoms with van der Waals surface area (Å²) < 4.78 is 12.8. The molecule has 3 aromatic heterocycles. The number of nitrogens with zero attached hydrogens (tertiary/aromatic N) is 5. The largest absolute Gasteiger partial charge is 0.462 e. The molecule has 0 unspecified atom stereocenters. The Morgan fingerprint density at radius 1 is 1.16 bits per heavy atom. The lowest BCUT2D eigenvalue weighted by Crippen LogP contribution is -2.43. The van der Waals surface area contributed by atoms with E-state index in [4.69, 9.17) is 14.3 Å². The van der Waals surface area contributed by atoms with Gasteiger partial charge in [0.05, 0.1) is 18.5 Å². The molecule has 0 saturated heterocycles. The highest BCUT2D eigenvalue weighted by Gasteiger charge is 2.34. The molecule has 0 radical (unpaired) electrons. The molecule has 1 amide bonds. The minimum atomic E-state index is -0.496. The van der Waals surface area contributed by atoms with Crippen molar-refractivity contribution in [2.45, 2.75) is 59.4 Å². The highest BCUT2D eigenvalue weighted by molar-refractivity contribution is 6.02. The number of carbonyl (C=O) groups excluding carboxylic acids is 2. The van der Waals surface area contributed by atoms with E-state index in [1.165, 1.54) is 6.33 Å². The van der Waals surface area contributed by atoms with Crippen LogP contribution in [-0.4, -0.2) is 44.3 Å². The summed E-state index contributed by atoms with van der Waals surface area (Å²) in [4.78, 5) is 36.6. The molecule has 3 heterocycles. The van der Waals surface area contributed by atoms with E-state index in [1.54, 1.807) is 28.9 Å². The van der Waals surface area contributed by atoms with Crippen LogP contribution < -0.4 is 4.90 Å². The molecule has 4 aromatic rings. The van der Waals surface area contributed by atoms with Crippen molar-refractivity contribution in [3.05, 3.63) is 54.6 Å². The summed E-state index contributed by atoms with van der Waals surface area (Å²) in [5, 5.41) is 4.75. The van der Waals surface area contributed by atoms with E-state index in [1.807, 2.05) is 44.2 Å². The highest BCUT2D eigenvalue weighted by Crippen LogP contribution is 2.33. The second-order valence-corrected chi connectivity index (χ2v) is 10.2. The highest BCUT2D eigenvalue weighted by atomic mass is 16.5. The average Bonchev–Trinajstić information content (AvgIpc) is 3.54. The first kappa shape index (κ1) is 25.6. The molecule has 198 valence electrons. The van der Waals surface area contributed by atoms with Gasteiger partial charge in [-0.1, -0.05) is 6.92 Å². The zero-order valence-corrected chi connectivity index (χ0v) is 22.3. The first-order valence-electron chi connectivity index (χ1n) is 13.3. The molecular weight excluding hydrogens is 482 g/mol. The van der Waals surface area contributed by atoms with Crippen molar-refractivity contribution in [3.63, 3.8) is 0 Å². The van der Waals surface area contributed by atoms with Crippen LogP contribution in [0.5, 0.6) is 0 Å². The van der Waals surface area contributed by atoms with Crippen molar-refractivity contribution in [2.24, 2.45) is 11.8 Å². The van der Waals surface area contributed by atoms with Crippen LogP contribution >= 0.6 is 0 Å². The fraction of sp³-hybridized carbons (Fsp3) is 0.414. The SMILES string of the molecule is CCOC(=O)c1cn(-c2ccc(-c3cc4ncncc4o3)cc2)nc1N(C(=O)C1CCC(C)CC1)C(C)C. The predicted molar refractivity (Wildman–Crippen MR) is 144 cm³/mol. The molecule has 0 aliphatic heterocycles. The first-order chi connectivity index (χ1) is 18.4. The maximum Gasteiger partial charge on any atom is 0.343 e. The van der Waals surface area contributed by atoms with Crippen LogP contribution in [-0.2, 0) is 9.53 Å². The van der Waals surface area contributed by atoms with Crippen LogP contribution in [0.1, 0.15) is 63.7 Å². The number of esters is 1. The van der Waals surface area contributed by atoms with E-state index in [0.717, 1.165) is 42.5 Å². The summed E-state index contributed by atoms with van der Waals surface area (Å²) in [6.45, 7) is 8.12. The van der Waals surface area contributed by atoms with Crippen LogP contribution in [0.15, 0.2) is 53.5 Å². The van der Waals surface area contributed by atoms with Crippen molar-refractivity contribution < 1.29 is 18.7 Å². The number of rotatable bonds is 7. The van der Waals surface area contributed by atoms with E-state index >= 15 is 0 Å². The molecule has 0 N–H and O–H groups in total. The second kappa shape index (κ2) is 10.8. The van der Waals surface area contributed by atoms with Crippen LogP contribution in [0.25, 0.3) is 28.1 Å². The molecule has 38 heavy (non-hydrogen) atoms. The number of anilines is 1. The molecule has 9 heteroatoms. The maximum absolute atomic E-state index is 13.7. The number of aromatic nitrogens is 4. The third-order valence-electron chi connectivity index (χ3n) is 7.15. The van der Waals surface area contributed by atoms with Crippen molar-refractivity contribution in [1.82, 2.24) is 19.7 Å². The third kappa shape index (κ3) is 5.05. The van der Waals surface area contributed by atoms with E-state index in [-0.39, 0.29) is 30.0 Å². The fourth-order valence-electron chi connectivity index (χ4n) is 5.04. The smallest absolute Gasteiger partial charge is 0.343 e. The van der Waals surface area contributed by atoms with Gasteiger partial charge in [0.1, 0.15) is 23.2 Å². The van der Waals surface area contributed by atoms with Gasteiger partial charge in [-0.05, 0) is 76.6 Å². The van der Waals surface area contributed by atoms with E-state index < -0.39 is 5.97 Å². The zero-order valence-electron chi connectivity index (χ0n) is 22.3. The van der Waals surface area contributed by atoms with E-state index in [2.05, 4.69) is 16.9 Å². The van der Waals surface area contributed by atoms with Gasteiger partial charge in [0.15, 0.2) is 11.4 Å². The normalized spacial score (nSPS) is 17.6. The number of fused-ring (bicyclic) bond motifs is 1. The van der Waals surface area contributed by atoms with Crippen molar-refractivity contribution in [2.75, 3.05) is 11.5 Å². The lowest BCUT2D eigenvalue weighted by atomic mass is 9.82. The Kier molecular flexibility index (Phi) is 7.26. The number of ether oxygens (including phenoxy) is 1. The number of furan rings is 1. The second-order valence-electron chi connectivity index (χ2n) is 10.2. The molecule has 1 aliphatic rings. The number of carbonyl (C=O) groups is 2. The molecule has 9 nitrogen and oxygen atoms in total. The quantitative estimate of drug-likeness (QED) is 0.286. The number of hydrogen-bond acceptors (Lipinski definition) is 7. The molecule has 1 aromatic carbocycles. The number of amides is 1. The number of hydrogen-bond donors (Lipinski definition) is 0. The van der Waals surface area contributed by atoms with Crippen LogP contribution in [0, 0.1) is 11.8 Å². The third-order valence-corrected chi connectivity index (χ3v) is 7.15. The van der Waals surface area contributed by atoms with Crippen molar-refractivity contribution in [1.29, 1.82) is 0 Å². The van der Waals surface area contributed by atoms with E-state index in [0.29, 0.717) is 23.1 Å². The monoisotopic (exact) mass is 515 g/mol. The lowest BCUT2D eigenvalue weighted by Gasteiger charge is -2.32. The van der Waals surface area contributed by atoms with Gasteiger partial charge < -0.3 is 9.15 Å². The van der Waals surface area contributed by atoms with Gasteiger partial charge in [-0.3, -0.25) is 9.69 Å². The van der Waals surface area contributed by atoms with Gasteiger partial charge >= 0.3 is 5.97 Å². The standard InChI is InChI=1S/C29H33N5O4/c1-5-37-29(36)23-16-33(32-27(23)34(18(2)3)28(35)21-8-6-19(4)7-9-21)22-12-10-20(11-13-22)25-14-24-26(38-25)15-30-17-31-24/h10-19,21H,5-9H2,1-4H3. The Balaban J connectivity index is 1.48. The molecule has 1 fully saturated rings. The summed E-state index contributed by atoms with van der Waals surface area (Å²) >= 11 is 0. The molecule has 5 rings (SSSR count). The summed E-state index contributed by atoms with van der Waals surface area (Å²) in [5.41, 5.74) is 3.24. The first-order valence-corrected chi connectivity index (χ1v) is 13.3. The topological polar surface area (TPSA) is 103 Å². The van der Waals surface area contributed by atoms with Crippen molar-refractivity contribution >= 4 is 28.8 Å². The van der Waals surface area contributed by atoms with Gasteiger partial charge in [-0.2, -0.15) is 0 Å². The number of benzene rings is 1. The fourth-order valence-corrected chi connectivity index (χ4v) is 5.04. The summed E-state index contributed by atoms with van der Waals surface area (Å²) in [6, 6.07) is 9.32. The summed E-state index contributed by atoms with van der Waals surface area (Å²) in [7, 11) is 0. The van der Waals surface area contributed by atoms with E-state index in [9.17, 15) is 9.59 Å². The Bertz CT molecular complexity index is 1400. The molecule has 1 saturated carbocycles. The minimum Gasteiger partial charge on any atom is -0.462 e. The van der Waals surface area contributed by atoms with Crippen LogP contribution in [0.3, 0.4) is 0 Å². The lowest BCUT2D eigenvalue weighted by molar-refractivity contribution is -0.124. The van der Waals surface area contributed by atoms with Crippen LogP contribution in [0.4, 0.5) is 5.82 Å². The van der Waals surface area contributed by atoms with Gasteiger partial charge in [-0.15, -0.1) is 5.10 Å². The summed E-state index contributed by atoms with van der Waals surface area (Å²) in [5.74, 6) is 1.11. The Morgan fingerprint density at radius 3 is 2.55 bits per heavy atom. The van der Waals surface area contributed by atoms with Gasteiger partial charge in [0, 0.05) is 29.8 Å². The van der Waals surface area contributed by atoms with Crippen molar-refractivity contribution in [3.8, 4) is 17.0 Å². The molecule has 1 aliphatic carbocycles. The average molecular weight is 516 g/mol. The Hall–Kier alpha value is -4.01.